The number of aryl methyl sites for hydroxylation is 1. The number of primary amides is 1. The lowest BCUT2D eigenvalue weighted by Gasteiger charge is -2.32. The van der Waals surface area contributed by atoms with Crippen molar-refractivity contribution in [2.75, 3.05) is 17.2 Å². The maximum Gasteiger partial charge on any atom is 0.240 e. The van der Waals surface area contributed by atoms with Gasteiger partial charge in [-0.3, -0.25) is 4.79 Å². The van der Waals surface area contributed by atoms with Gasteiger partial charge in [-0.15, -0.1) is 13.2 Å². The first-order valence-electron chi connectivity index (χ1n) is 10.8. The molecular formula is C26H35N5O2. The van der Waals surface area contributed by atoms with Crippen molar-refractivity contribution < 1.29 is 9.90 Å². The topological polar surface area (TPSA) is 118 Å². The van der Waals surface area contributed by atoms with Crippen molar-refractivity contribution in [2.45, 2.75) is 40.7 Å². The predicted octanol–water partition coefficient (Wildman–Crippen LogP) is 4.58. The number of benzene rings is 2. The van der Waals surface area contributed by atoms with Crippen molar-refractivity contribution >= 4 is 28.2 Å². The van der Waals surface area contributed by atoms with Gasteiger partial charge in [0.15, 0.2) is 0 Å². The van der Waals surface area contributed by atoms with E-state index in [9.17, 15) is 9.90 Å². The molecule has 1 aromatic heterocycles. The fraction of sp³-hybridized carbons (Fsp3) is 0.269. The summed E-state index contributed by atoms with van der Waals surface area (Å²) in [5.41, 5.74) is 14.6. The van der Waals surface area contributed by atoms with E-state index < -0.39 is 5.91 Å². The largest absolute Gasteiger partial charge is 0.508 e. The van der Waals surface area contributed by atoms with E-state index in [1.807, 2.05) is 52.0 Å². The summed E-state index contributed by atoms with van der Waals surface area (Å²) in [7, 11) is 0. The Bertz CT molecular complexity index is 1110. The lowest BCUT2D eigenvalue weighted by molar-refractivity contribution is -0.113. The molecule has 0 atom stereocenters. The summed E-state index contributed by atoms with van der Waals surface area (Å²) in [5.74, 6) is 1.14. The van der Waals surface area contributed by atoms with E-state index in [1.165, 1.54) is 0 Å². The van der Waals surface area contributed by atoms with Crippen LogP contribution in [0.15, 0.2) is 56.1 Å². The number of fused-ring (bicyclic) bond motifs is 2. The number of hydrogen-bond donors (Lipinski definition) is 3. The van der Waals surface area contributed by atoms with Crippen LogP contribution in [0.2, 0.25) is 0 Å². The lowest BCUT2D eigenvalue weighted by atomic mass is 9.99. The van der Waals surface area contributed by atoms with Gasteiger partial charge in [-0.1, -0.05) is 44.7 Å². The van der Waals surface area contributed by atoms with E-state index in [0.717, 1.165) is 52.3 Å². The molecule has 0 aliphatic carbocycles. The van der Waals surface area contributed by atoms with E-state index in [0.29, 0.717) is 23.9 Å². The first-order valence-corrected chi connectivity index (χ1v) is 10.8. The molecule has 5 N–H and O–H groups in total. The third-order valence-electron chi connectivity index (χ3n) is 4.97. The maximum absolute atomic E-state index is 10.3. The Morgan fingerprint density at radius 3 is 2.39 bits per heavy atom. The second-order valence-corrected chi connectivity index (χ2v) is 6.95. The first-order chi connectivity index (χ1) is 15.8. The van der Waals surface area contributed by atoms with Gasteiger partial charge >= 0.3 is 0 Å². The molecule has 4 rings (SSSR count). The number of amides is 1. The van der Waals surface area contributed by atoms with Crippen molar-refractivity contribution in [1.82, 2.24) is 9.97 Å². The Morgan fingerprint density at radius 2 is 1.79 bits per heavy atom. The van der Waals surface area contributed by atoms with Crippen molar-refractivity contribution in [3.05, 3.63) is 78.8 Å². The van der Waals surface area contributed by atoms with Crippen LogP contribution < -0.4 is 16.4 Å². The van der Waals surface area contributed by atoms with Crippen LogP contribution in [0.4, 0.5) is 11.5 Å². The van der Waals surface area contributed by atoms with Gasteiger partial charge in [0.05, 0.1) is 17.9 Å². The Hall–Kier alpha value is -3.87. The van der Waals surface area contributed by atoms with Crippen LogP contribution in [-0.2, 0) is 17.8 Å². The highest BCUT2D eigenvalue weighted by molar-refractivity contribution is 5.97. The predicted molar refractivity (Wildman–Crippen MR) is 138 cm³/mol. The minimum absolute atomic E-state index is 0.327. The van der Waals surface area contributed by atoms with E-state index in [4.69, 9.17) is 5.73 Å². The summed E-state index contributed by atoms with van der Waals surface area (Å²) < 4.78 is 0. The third kappa shape index (κ3) is 6.55. The van der Waals surface area contributed by atoms with Crippen LogP contribution in [0.3, 0.4) is 0 Å². The Kier molecular flexibility index (Phi) is 10.6. The minimum atomic E-state index is -0.481. The molecule has 1 aliphatic rings. The molecule has 2 heterocycles. The van der Waals surface area contributed by atoms with E-state index >= 15 is 0 Å². The van der Waals surface area contributed by atoms with E-state index in [1.54, 1.807) is 0 Å². The van der Waals surface area contributed by atoms with Crippen LogP contribution in [0.5, 0.6) is 5.75 Å². The molecule has 2 aromatic carbocycles. The van der Waals surface area contributed by atoms with E-state index in [2.05, 4.69) is 46.4 Å². The normalized spacial score (nSPS) is 11.5. The molecule has 0 fully saturated rings. The number of carbonyl (C=O) groups is 1. The zero-order valence-electron chi connectivity index (χ0n) is 20.1. The zero-order valence-corrected chi connectivity index (χ0v) is 20.1. The number of hydrogen-bond acceptors (Lipinski definition) is 6. The molecule has 0 unspecified atom stereocenters. The average Bonchev–Trinajstić information content (AvgIpc) is 2.82. The summed E-state index contributed by atoms with van der Waals surface area (Å²) in [4.78, 5) is 20.6. The molecule has 7 heteroatoms. The number of phenols is 1. The van der Waals surface area contributed by atoms with Crippen molar-refractivity contribution in [3.63, 3.8) is 0 Å². The molecule has 33 heavy (non-hydrogen) atoms. The molecule has 0 radical (unpaired) electrons. The fourth-order valence-electron chi connectivity index (χ4n) is 3.60. The lowest BCUT2D eigenvalue weighted by Crippen LogP contribution is -2.32. The van der Waals surface area contributed by atoms with Crippen molar-refractivity contribution in [3.8, 4) is 5.75 Å². The summed E-state index contributed by atoms with van der Waals surface area (Å²) in [6.07, 6.45) is 1.87. The molecule has 0 bridgehead atoms. The molecule has 1 amide bonds. The number of phenolic OH excluding ortho intramolecular Hbond substituents is 1. The van der Waals surface area contributed by atoms with Crippen LogP contribution in [0.1, 0.15) is 36.5 Å². The number of rotatable bonds is 2. The van der Waals surface area contributed by atoms with Gasteiger partial charge in [0, 0.05) is 23.1 Å². The molecule has 0 saturated carbocycles. The summed E-state index contributed by atoms with van der Waals surface area (Å²) in [6, 6.07) is 9.98. The Labute approximate surface area is 196 Å². The Morgan fingerprint density at radius 1 is 1.18 bits per heavy atom. The first kappa shape index (κ1) is 27.2. The monoisotopic (exact) mass is 449 g/mol. The second-order valence-electron chi connectivity index (χ2n) is 6.95. The number of nitrogens with two attached hydrogens (primary N) is 2. The smallest absolute Gasteiger partial charge is 0.240 e. The highest BCUT2D eigenvalue weighted by Gasteiger charge is 2.24. The van der Waals surface area contributed by atoms with Gasteiger partial charge in [0.2, 0.25) is 5.91 Å². The van der Waals surface area contributed by atoms with Crippen LogP contribution >= 0.6 is 0 Å². The highest BCUT2D eigenvalue weighted by atomic mass is 16.3. The second kappa shape index (κ2) is 12.9. The molecule has 176 valence electrons. The van der Waals surface area contributed by atoms with Crippen molar-refractivity contribution in [2.24, 2.45) is 5.73 Å². The zero-order chi connectivity index (χ0) is 25.1. The summed E-state index contributed by atoms with van der Waals surface area (Å²) in [5, 5.41) is 12.5. The van der Waals surface area contributed by atoms with Crippen LogP contribution in [0.25, 0.3) is 10.8 Å². The average molecular weight is 450 g/mol. The number of aromatic hydroxyl groups is 1. The number of anilines is 2. The highest BCUT2D eigenvalue weighted by Crippen LogP contribution is 2.38. The van der Waals surface area contributed by atoms with E-state index in [-0.39, 0.29) is 0 Å². The van der Waals surface area contributed by atoms with Gasteiger partial charge in [-0.05, 0) is 37.8 Å². The quantitative estimate of drug-likeness (QED) is 0.389. The fourth-order valence-corrected chi connectivity index (χ4v) is 3.60. The van der Waals surface area contributed by atoms with Gasteiger partial charge in [0.1, 0.15) is 17.4 Å². The van der Waals surface area contributed by atoms with Gasteiger partial charge in [-0.25, -0.2) is 9.97 Å². The number of nitrogens with zero attached hydrogens (tertiary/aromatic N) is 3. The van der Waals surface area contributed by atoms with Crippen molar-refractivity contribution in [1.29, 1.82) is 0 Å². The molecule has 0 spiro atoms. The molecule has 7 nitrogen and oxygen atoms in total. The SMILES string of the molecule is C=C.C=CC(N)=O.CC.Cc1nc(N)c2c(n1)CN(c1c(C)c(O)cc3ccccc13)CC2. The van der Waals surface area contributed by atoms with Gasteiger partial charge < -0.3 is 21.5 Å². The van der Waals surface area contributed by atoms with Gasteiger partial charge in [-0.2, -0.15) is 0 Å². The molecular weight excluding hydrogens is 414 g/mol. The Balaban J connectivity index is 0.000000529. The summed E-state index contributed by atoms with van der Waals surface area (Å²) >= 11 is 0. The third-order valence-corrected chi connectivity index (χ3v) is 4.97. The molecule has 1 aliphatic heterocycles. The maximum atomic E-state index is 10.3. The summed E-state index contributed by atoms with van der Waals surface area (Å²) in [6.45, 7) is 18.4. The van der Waals surface area contributed by atoms with Gasteiger partial charge in [0.25, 0.3) is 0 Å². The molecule has 3 aromatic rings. The standard InChI is InChI=1S/C19H20N4O.C3H5NO.C2H6.C2H4/c1-11-17(24)9-13-5-3-4-6-14(13)18(11)23-8-7-15-16(10-23)21-12(2)22-19(15)20;1-2-3(4)5;2*1-2/h3-6,9,24H,7-8,10H2,1-2H3,(H2,20,21,22);2H,1H2,(H2,4,5);1-2H3;1-2H2. The minimum Gasteiger partial charge on any atom is -0.508 e. The number of carbonyl (C=O) groups excluding carboxylic acids is 1. The number of nitrogen functional groups attached to an aromatic ring is 1. The number of aromatic nitrogens is 2. The van der Waals surface area contributed by atoms with Crippen LogP contribution in [0, 0.1) is 13.8 Å². The molecule has 0 saturated heterocycles. The van der Waals surface area contributed by atoms with Crippen LogP contribution in [-0.4, -0.2) is 27.5 Å².